The van der Waals surface area contributed by atoms with Crippen LogP contribution in [-0.4, -0.2) is 20.8 Å². The standard InChI is InChI=1S/C14H25O3P/c1-3-5-9-13-10-7-8-11-14(13)18(15,16,17)12-6-4-2/h7-8,10-11,15-17H,3-6,9,12H2,1-2H3. The van der Waals surface area contributed by atoms with Crippen LogP contribution in [0.2, 0.25) is 0 Å². The average molecular weight is 272 g/mol. The Balaban J connectivity index is 3.05. The number of unbranched alkanes of at least 4 members (excludes halogenated alkanes) is 2. The molecule has 0 fully saturated rings. The summed E-state index contributed by atoms with van der Waals surface area (Å²) in [6.45, 7) is 4.06. The van der Waals surface area contributed by atoms with Gasteiger partial charge in [0.05, 0.1) is 0 Å². The van der Waals surface area contributed by atoms with Crippen LogP contribution in [0.4, 0.5) is 0 Å². The summed E-state index contributed by atoms with van der Waals surface area (Å²) in [4.78, 5) is 30.9. The molecule has 1 aromatic rings. The maximum absolute atomic E-state index is 10.3. The topological polar surface area (TPSA) is 60.7 Å². The summed E-state index contributed by atoms with van der Waals surface area (Å²) in [6.07, 6.45) is 4.31. The van der Waals surface area contributed by atoms with E-state index in [4.69, 9.17) is 0 Å². The second kappa shape index (κ2) is 6.12. The van der Waals surface area contributed by atoms with Gasteiger partial charge in [-0.15, -0.1) is 0 Å². The summed E-state index contributed by atoms with van der Waals surface area (Å²) >= 11 is 0. The van der Waals surface area contributed by atoms with Crippen molar-refractivity contribution in [3.05, 3.63) is 29.8 Å². The van der Waals surface area contributed by atoms with E-state index < -0.39 is 7.28 Å². The summed E-state index contributed by atoms with van der Waals surface area (Å²) in [5.74, 6) is 0. The molecular formula is C14H25O3P. The van der Waals surface area contributed by atoms with Crippen LogP contribution in [0, 0.1) is 0 Å². The molecular weight excluding hydrogens is 247 g/mol. The minimum atomic E-state index is -4.67. The molecule has 104 valence electrons. The first-order chi connectivity index (χ1) is 8.39. The van der Waals surface area contributed by atoms with Gasteiger partial charge in [0.1, 0.15) is 0 Å². The summed E-state index contributed by atoms with van der Waals surface area (Å²) in [7, 11) is -4.67. The Morgan fingerprint density at radius 2 is 1.56 bits per heavy atom. The number of hydrogen-bond acceptors (Lipinski definition) is 3. The van der Waals surface area contributed by atoms with E-state index in [1.807, 2.05) is 19.1 Å². The monoisotopic (exact) mass is 272 g/mol. The van der Waals surface area contributed by atoms with Crippen LogP contribution < -0.4 is 5.30 Å². The molecule has 0 aliphatic rings. The number of hydrogen-bond donors (Lipinski definition) is 3. The quantitative estimate of drug-likeness (QED) is 0.669. The van der Waals surface area contributed by atoms with Crippen LogP contribution in [0.5, 0.6) is 0 Å². The normalized spacial score (nSPS) is 14.2. The molecule has 0 saturated heterocycles. The second-order valence-corrected chi connectivity index (χ2v) is 8.19. The van der Waals surface area contributed by atoms with Gasteiger partial charge in [0.2, 0.25) is 0 Å². The molecule has 0 aliphatic heterocycles. The Hall–Kier alpha value is -0.470. The van der Waals surface area contributed by atoms with E-state index in [-0.39, 0.29) is 6.16 Å². The number of rotatable bonds is 7. The summed E-state index contributed by atoms with van der Waals surface area (Å²) in [6, 6.07) is 7.15. The molecule has 0 saturated carbocycles. The van der Waals surface area contributed by atoms with Crippen LogP contribution in [0.15, 0.2) is 24.3 Å². The molecule has 3 N–H and O–H groups in total. The Kier molecular flexibility index (Phi) is 5.30. The molecule has 1 rings (SSSR count). The van der Waals surface area contributed by atoms with Crippen molar-refractivity contribution in [2.75, 3.05) is 6.16 Å². The van der Waals surface area contributed by atoms with E-state index in [9.17, 15) is 14.7 Å². The van der Waals surface area contributed by atoms with Gasteiger partial charge in [0, 0.05) is 0 Å². The summed E-state index contributed by atoms with van der Waals surface area (Å²) in [5.41, 5.74) is 0.862. The van der Waals surface area contributed by atoms with Crippen molar-refractivity contribution in [2.45, 2.75) is 46.0 Å². The van der Waals surface area contributed by atoms with E-state index >= 15 is 0 Å². The molecule has 0 unspecified atom stereocenters. The number of aryl methyl sites for hydroxylation is 1. The van der Waals surface area contributed by atoms with Crippen LogP contribution in [0.3, 0.4) is 0 Å². The zero-order valence-electron chi connectivity index (χ0n) is 11.3. The second-order valence-electron chi connectivity index (χ2n) is 4.96. The van der Waals surface area contributed by atoms with Gasteiger partial charge in [-0.05, 0) is 0 Å². The fourth-order valence-corrected chi connectivity index (χ4v) is 4.41. The molecule has 3 nitrogen and oxygen atoms in total. The van der Waals surface area contributed by atoms with E-state index in [0.717, 1.165) is 31.2 Å². The van der Waals surface area contributed by atoms with Crippen LogP contribution >= 0.6 is 7.28 Å². The third-order valence-electron chi connectivity index (χ3n) is 3.21. The van der Waals surface area contributed by atoms with Crippen LogP contribution in [-0.2, 0) is 6.42 Å². The van der Waals surface area contributed by atoms with E-state index in [0.29, 0.717) is 11.7 Å². The first-order valence-corrected chi connectivity index (χ1v) is 9.01. The Morgan fingerprint density at radius 3 is 2.17 bits per heavy atom. The molecule has 0 aromatic heterocycles. The fraction of sp³-hybridized carbons (Fsp3) is 0.571. The van der Waals surface area contributed by atoms with E-state index in [1.165, 1.54) is 0 Å². The third kappa shape index (κ3) is 4.03. The van der Waals surface area contributed by atoms with Crippen molar-refractivity contribution in [1.82, 2.24) is 0 Å². The van der Waals surface area contributed by atoms with Crippen molar-refractivity contribution in [3.8, 4) is 0 Å². The Morgan fingerprint density at radius 1 is 0.944 bits per heavy atom. The van der Waals surface area contributed by atoms with E-state index in [2.05, 4.69) is 6.92 Å². The van der Waals surface area contributed by atoms with E-state index in [1.54, 1.807) is 12.1 Å². The first kappa shape index (κ1) is 15.6. The Labute approximate surface area is 110 Å². The molecule has 0 radical (unpaired) electrons. The van der Waals surface area contributed by atoms with Crippen molar-refractivity contribution in [1.29, 1.82) is 0 Å². The van der Waals surface area contributed by atoms with Gasteiger partial charge in [-0.2, -0.15) is 0 Å². The number of benzene rings is 1. The van der Waals surface area contributed by atoms with Crippen molar-refractivity contribution < 1.29 is 14.7 Å². The molecule has 0 amide bonds. The van der Waals surface area contributed by atoms with Gasteiger partial charge in [-0.3, -0.25) is 0 Å². The van der Waals surface area contributed by atoms with Gasteiger partial charge in [0.25, 0.3) is 0 Å². The molecule has 18 heavy (non-hydrogen) atoms. The van der Waals surface area contributed by atoms with Gasteiger partial charge < -0.3 is 0 Å². The van der Waals surface area contributed by atoms with Crippen LogP contribution in [0.25, 0.3) is 0 Å². The first-order valence-electron chi connectivity index (χ1n) is 6.73. The van der Waals surface area contributed by atoms with Crippen molar-refractivity contribution in [3.63, 3.8) is 0 Å². The summed E-state index contributed by atoms with van der Waals surface area (Å²) < 4.78 is 0. The summed E-state index contributed by atoms with van der Waals surface area (Å²) in [5, 5.41) is 0.352. The van der Waals surface area contributed by atoms with Crippen molar-refractivity contribution in [2.24, 2.45) is 0 Å². The molecule has 0 spiro atoms. The molecule has 0 bridgehead atoms. The molecule has 0 heterocycles. The third-order valence-corrected chi connectivity index (χ3v) is 5.77. The van der Waals surface area contributed by atoms with Gasteiger partial charge in [0.15, 0.2) is 0 Å². The average Bonchev–Trinajstić information content (AvgIpc) is 2.34. The maximum atomic E-state index is 10.3. The Bertz CT molecular complexity index is 382. The minimum absolute atomic E-state index is 0.0608. The SMILES string of the molecule is CCCCc1ccccc1P(O)(O)(O)CCCC. The molecule has 1 aromatic carbocycles. The van der Waals surface area contributed by atoms with Gasteiger partial charge in [-0.1, -0.05) is 0 Å². The zero-order chi connectivity index (χ0) is 13.7. The zero-order valence-corrected chi connectivity index (χ0v) is 12.2. The molecule has 4 heteroatoms. The van der Waals surface area contributed by atoms with Crippen molar-refractivity contribution >= 4 is 12.6 Å². The van der Waals surface area contributed by atoms with Crippen LogP contribution in [0.1, 0.15) is 45.1 Å². The molecule has 0 aliphatic carbocycles. The fourth-order valence-electron chi connectivity index (χ4n) is 2.11. The predicted octanol–water partition coefficient (Wildman–Crippen LogP) is 2.73. The predicted molar refractivity (Wildman–Crippen MR) is 78.0 cm³/mol. The van der Waals surface area contributed by atoms with Gasteiger partial charge >= 0.3 is 109 Å². The molecule has 0 atom stereocenters. The van der Waals surface area contributed by atoms with Gasteiger partial charge in [-0.25, -0.2) is 0 Å².